The zero-order chi connectivity index (χ0) is 21.8. The lowest BCUT2D eigenvalue weighted by Gasteiger charge is -2.25. The molecule has 1 atom stereocenters. The number of aryl methyl sites for hydroxylation is 1. The smallest absolute Gasteiger partial charge is 0.295 e. The summed E-state index contributed by atoms with van der Waals surface area (Å²) in [5, 5.41) is 20.7. The molecule has 30 heavy (non-hydrogen) atoms. The summed E-state index contributed by atoms with van der Waals surface area (Å²) in [7, 11) is 3.12. The normalized spacial score (nSPS) is 18.1. The Bertz CT molecular complexity index is 980. The largest absolute Gasteiger partial charge is 0.508 e. The van der Waals surface area contributed by atoms with Crippen molar-refractivity contribution in [2.75, 3.05) is 27.4 Å². The van der Waals surface area contributed by atoms with E-state index in [2.05, 4.69) is 0 Å². The first-order chi connectivity index (χ1) is 14.4. The van der Waals surface area contributed by atoms with Crippen LogP contribution >= 0.6 is 0 Å². The molecule has 0 spiro atoms. The molecule has 0 aromatic heterocycles. The Kier molecular flexibility index (Phi) is 6.42. The Morgan fingerprint density at radius 1 is 1.10 bits per heavy atom. The molecule has 7 heteroatoms. The first kappa shape index (κ1) is 21.4. The van der Waals surface area contributed by atoms with Crippen molar-refractivity contribution in [3.8, 4) is 11.5 Å². The van der Waals surface area contributed by atoms with Gasteiger partial charge in [-0.15, -0.1) is 0 Å². The minimum Gasteiger partial charge on any atom is -0.508 e. The van der Waals surface area contributed by atoms with Gasteiger partial charge in [0.25, 0.3) is 11.7 Å². The lowest BCUT2D eigenvalue weighted by Crippen LogP contribution is -2.31. The molecule has 0 radical (unpaired) electrons. The molecule has 1 aliphatic heterocycles. The molecule has 0 bridgehead atoms. The molecule has 0 aliphatic carbocycles. The lowest BCUT2D eigenvalue weighted by atomic mass is 9.94. The number of methoxy groups -OCH3 is 2. The molecule has 0 saturated carbocycles. The third-order valence-corrected chi connectivity index (χ3v) is 5.16. The summed E-state index contributed by atoms with van der Waals surface area (Å²) in [5.41, 5.74) is 1.85. The van der Waals surface area contributed by atoms with Crippen LogP contribution in [0.4, 0.5) is 0 Å². The standard InChI is InChI=1S/C23H25NO6/c1-14-13-16(7-10-18(14)30-3)21(26)19-20(15-5-8-17(25)9-6-15)24(11-4-12-29-2)23(28)22(19)27/h5-10,13,20,25-26H,4,11-12H2,1-3H3/b21-19+. The molecule has 2 N–H and O–H groups in total. The maximum absolute atomic E-state index is 12.9. The number of carbonyl (C=O) groups is 2. The number of aromatic hydroxyl groups is 1. The minimum absolute atomic E-state index is 0.0210. The van der Waals surface area contributed by atoms with E-state index in [4.69, 9.17) is 9.47 Å². The highest BCUT2D eigenvalue weighted by Crippen LogP contribution is 2.40. The topological polar surface area (TPSA) is 96.3 Å². The Morgan fingerprint density at radius 2 is 1.80 bits per heavy atom. The fraction of sp³-hybridized carbons (Fsp3) is 0.304. The van der Waals surface area contributed by atoms with Crippen molar-refractivity contribution in [1.29, 1.82) is 0 Å². The Labute approximate surface area is 175 Å². The van der Waals surface area contributed by atoms with Gasteiger partial charge >= 0.3 is 0 Å². The molecule has 1 amide bonds. The molecule has 1 aliphatic rings. The van der Waals surface area contributed by atoms with E-state index in [1.54, 1.807) is 44.6 Å². The first-order valence-corrected chi connectivity index (χ1v) is 9.60. The number of benzene rings is 2. The predicted octanol–water partition coefficient (Wildman–Crippen LogP) is 3.17. The van der Waals surface area contributed by atoms with Gasteiger partial charge in [-0.2, -0.15) is 0 Å². The molecule has 1 heterocycles. The lowest BCUT2D eigenvalue weighted by molar-refractivity contribution is -0.140. The highest BCUT2D eigenvalue weighted by molar-refractivity contribution is 6.46. The molecule has 1 fully saturated rings. The summed E-state index contributed by atoms with van der Waals surface area (Å²) >= 11 is 0. The molecule has 3 rings (SSSR count). The number of amides is 1. The van der Waals surface area contributed by atoms with Crippen molar-refractivity contribution >= 4 is 17.4 Å². The summed E-state index contributed by atoms with van der Waals surface area (Å²) < 4.78 is 10.3. The summed E-state index contributed by atoms with van der Waals surface area (Å²) in [6.07, 6.45) is 0.541. The highest BCUT2D eigenvalue weighted by atomic mass is 16.5. The van der Waals surface area contributed by atoms with Crippen LogP contribution < -0.4 is 4.74 Å². The number of aliphatic hydroxyl groups is 1. The van der Waals surface area contributed by atoms with E-state index in [0.717, 1.165) is 5.56 Å². The molecular weight excluding hydrogens is 386 g/mol. The van der Waals surface area contributed by atoms with E-state index >= 15 is 0 Å². The van der Waals surface area contributed by atoms with Crippen molar-refractivity contribution in [2.24, 2.45) is 0 Å². The zero-order valence-electron chi connectivity index (χ0n) is 17.2. The number of Topliss-reactive ketones (excluding diaryl/α,β-unsaturated/α-hetero) is 1. The highest BCUT2D eigenvalue weighted by Gasteiger charge is 2.45. The average molecular weight is 411 g/mol. The van der Waals surface area contributed by atoms with Crippen LogP contribution in [0.1, 0.15) is 29.2 Å². The van der Waals surface area contributed by atoms with E-state index in [9.17, 15) is 19.8 Å². The number of hydrogen-bond acceptors (Lipinski definition) is 6. The van der Waals surface area contributed by atoms with Crippen molar-refractivity contribution < 1.29 is 29.3 Å². The average Bonchev–Trinajstić information content (AvgIpc) is 2.99. The third-order valence-electron chi connectivity index (χ3n) is 5.16. The number of ether oxygens (including phenoxy) is 2. The summed E-state index contributed by atoms with van der Waals surface area (Å²) in [4.78, 5) is 27.1. The number of hydrogen-bond donors (Lipinski definition) is 2. The van der Waals surface area contributed by atoms with E-state index in [-0.39, 0.29) is 17.1 Å². The maximum Gasteiger partial charge on any atom is 0.295 e. The monoisotopic (exact) mass is 411 g/mol. The summed E-state index contributed by atoms with van der Waals surface area (Å²) in [6.45, 7) is 2.56. The number of phenols is 1. The van der Waals surface area contributed by atoms with E-state index in [1.165, 1.54) is 17.0 Å². The fourth-order valence-electron chi connectivity index (χ4n) is 3.67. The number of nitrogens with zero attached hydrogens (tertiary/aromatic N) is 1. The summed E-state index contributed by atoms with van der Waals surface area (Å²) in [5.74, 6) is -0.929. The van der Waals surface area contributed by atoms with Gasteiger partial charge in [0.2, 0.25) is 0 Å². The second-order valence-corrected chi connectivity index (χ2v) is 7.11. The van der Waals surface area contributed by atoms with Gasteiger partial charge in [0, 0.05) is 25.8 Å². The number of carbonyl (C=O) groups excluding carboxylic acids is 2. The van der Waals surface area contributed by atoms with Crippen molar-refractivity contribution in [3.05, 3.63) is 64.7 Å². The van der Waals surface area contributed by atoms with Crippen LogP contribution in [0.5, 0.6) is 11.5 Å². The minimum atomic E-state index is -0.759. The summed E-state index contributed by atoms with van der Waals surface area (Å²) in [6, 6.07) is 10.6. The molecule has 2 aromatic carbocycles. The fourth-order valence-corrected chi connectivity index (χ4v) is 3.67. The molecule has 158 valence electrons. The van der Waals surface area contributed by atoms with Gasteiger partial charge in [-0.3, -0.25) is 9.59 Å². The number of phenolic OH excluding ortho intramolecular Hbond substituents is 1. The van der Waals surface area contributed by atoms with Crippen molar-refractivity contribution in [3.63, 3.8) is 0 Å². The molecule has 1 saturated heterocycles. The number of ketones is 1. The van der Waals surface area contributed by atoms with E-state index < -0.39 is 17.7 Å². The van der Waals surface area contributed by atoms with Crippen LogP contribution in [0.3, 0.4) is 0 Å². The van der Waals surface area contributed by atoms with Crippen LogP contribution in [0.2, 0.25) is 0 Å². The van der Waals surface area contributed by atoms with Crippen LogP contribution in [0.25, 0.3) is 5.76 Å². The van der Waals surface area contributed by atoms with Crippen LogP contribution in [-0.2, 0) is 14.3 Å². The van der Waals surface area contributed by atoms with Crippen LogP contribution in [-0.4, -0.2) is 54.2 Å². The number of likely N-dealkylation sites (tertiary alicyclic amines) is 1. The number of aliphatic hydroxyl groups excluding tert-OH is 1. The quantitative estimate of drug-likeness (QED) is 0.314. The third kappa shape index (κ3) is 4.02. The van der Waals surface area contributed by atoms with Crippen molar-refractivity contribution in [2.45, 2.75) is 19.4 Å². The van der Waals surface area contributed by atoms with Crippen molar-refractivity contribution in [1.82, 2.24) is 4.90 Å². The predicted molar refractivity (Wildman–Crippen MR) is 111 cm³/mol. The van der Waals surface area contributed by atoms with E-state index in [1.807, 2.05) is 6.92 Å². The Morgan fingerprint density at radius 3 is 2.40 bits per heavy atom. The zero-order valence-corrected chi connectivity index (χ0v) is 17.2. The molecule has 1 unspecified atom stereocenters. The second kappa shape index (κ2) is 9.00. The van der Waals surface area contributed by atoms with Gasteiger partial charge in [-0.1, -0.05) is 12.1 Å². The van der Waals surface area contributed by atoms with Gasteiger partial charge < -0.3 is 24.6 Å². The SMILES string of the molecule is COCCCN1C(=O)C(=O)/C(=C(/O)c2ccc(OC)c(C)c2)C1c1ccc(O)cc1. The molecule has 7 nitrogen and oxygen atoms in total. The first-order valence-electron chi connectivity index (χ1n) is 9.60. The van der Waals surface area contributed by atoms with Gasteiger partial charge in [0.05, 0.1) is 18.7 Å². The van der Waals surface area contributed by atoms with Gasteiger partial charge in [-0.25, -0.2) is 0 Å². The molecule has 2 aromatic rings. The second-order valence-electron chi connectivity index (χ2n) is 7.11. The van der Waals surface area contributed by atoms with Gasteiger partial charge in [-0.05, 0) is 54.8 Å². The number of rotatable bonds is 7. The van der Waals surface area contributed by atoms with Crippen LogP contribution in [0, 0.1) is 6.92 Å². The Hall–Kier alpha value is -3.32. The Balaban J connectivity index is 2.12. The molecular formula is C23H25NO6. The maximum atomic E-state index is 12.9. The van der Waals surface area contributed by atoms with Gasteiger partial charge in [0.15, 0.2) is 0 Å². The van der Waals surface area contributed by atoms with Crippen LogP contribution in [0.15, 0.2) is 48.0 Å². The van der Waals surface area contributed by atoms with Gasteiger partial charge in [0.1, 0.15) is 17.3 Å². The van der Waals surface area contributed by atoms with E-state index in [0.29, 0.717) is 36.4 Å².